The molecular formula is C31H31N3O3S. The predicted octanol–water partition coefficient (Wildman–Crippen LogP) is 6.48. The minimum absolute atomic E-state index is 0.145. The predicted molar refractivity (Wildman–Crippen MR) is 151 cm³/mol. The van der Waals surface area contributed by atoms with Gasteiger partial charge in [-0.25, -0.2) is 4.98 Å². The van der Waals surface area contributed by atoms with E-state index in [1.165, 1.54) is 22.5 Å². The molecule has 38 heavy (non-hydrogen) atoms. The molecule has 0 aliphatic carbocycles. The Hall–Kier alpha value is -3.97. The maximum absolute atomic E-state index is 12.9. The Balaban J connectivity index is 1.32. The van der Waals surface area contributed by atoms with Crippen molar-refractivity contribution in [2.75, 3.05) is 11.9 Å². The van der Waals surface area contributed by atoms with Crippen LogP contribution in [-0.4, -0.2) is 28.2 Å². The molecule has 0 fully saturated rings. The van der Waals surface area contributed by atoms with E-state index in [4.69, 9.17) is 4.74 Å². The molecule has 194 valence electrons. The molecule has 1 N–H and O–H groups in total. The summed E-state index contributed by atoms with van der Waals surface area (Å²) in [6, 6.07) is 22.0. The number of carbonyl (C=O) groups is 2. The lowest BCUT2D eigenvalue weighted by Gasteiger charge is -2.38. The molecule has 1 aliphatic rings. The lowest BCUT2D eigenvalue weighted by molar-refractivity contribution is -0.132. The fourth-order valence-corrected chi connectivity index (χ4v) is 5.41. The third-order valence-electron chi connectivity index (χ3n) is 6.82. The first-order valence-corrected chi connectivity index (χ1v) is 13.7. The highest BCUT2D eigenvalue weighted by Gasteiger charge is 2.31. The number of hydrogen-bond donors (Lipinski definition) is 1. The molecule has 1 atom stereocenters. The minimum Gasteiger partial charge on any atom is -0.486 e. The lowest BCUT2D eigenvalue weighted by Crippen LogP contribution is -2.40. The van der Waals surface area contributed by atoms with Crippen molar-refractivity contribution in [3.8, 4) is 5.75 Å². The molecule has 2 amide bonds. The largest absolute Gasteiger partial charge is 0.486 e. The number of amides is 2. The van der Waals surface area contributed by atoms with E-state index in [-0.39, 0.29) is 24.5 Å². The molecule has 6 nitrogen and oxygen atoms in total. The third kappa shape index (κ3) is 5.63. The second-order valence-electron chi connectivity index (χ2n) is 9.60. The summed E-state index contributed by atoms with van der Waals surface area (Å²) in [6.45, 7) is 6.94. The van der Waals surface area contributed by atoms with Gasteiger partial charge >= 0.3 is 0 Å². The quantitative estimate of drug-likeness (QED) is 0.300. The zero-order valence-electron chi connectivity index (χ0n) is 21.9. The molecule has 1 aromatic heterocycles. The van der Waals surface area contributed by atoms with E-state index in [2.05, 4.69) is 47.6 Å². The van der Waals surface area contributed by atoms with Gasteiger partial charge < -0.3 is 15.0 Å². The number of thiazole rings is 1. The molecule has 0 saturated carbocycles. The van der Waals surface area contributed by atoms with Crippen LogP contribution in [0, 0.1) is 13.8 Å². The number of benzene rings is 3. The summed E-state index contributed by atoms with van der Waals surface area (Å²) in [6.07, 6.45) is 1.29. The van der Waals surface area contributed by atoms with Crippen molar-refractivity contribution in [2.24, 2.45) is 0 Å². The summed E-state index contributed by atoms with van der Waals surface area (Å²) in [5.74, 6) is 0.617. The van der Waals surface area contributed by atoms with Gasteiger partial charge in [-0.3, -0.25) is 9.59 Å². The average molecular weight is 526 g/mol. The Morgan fingerprint density at radius 3 is 2.45 bits per heavy atom. The number of fused-ring (bicyclic) bond motifs is 1. The fourth-order valence-electron chi connectivity index (χ4n) is 4.72. The van der Waals surface area contributed by atoms with Crippen molar-refractivity contribution in [3.63, 3.8) is 0 Å². The van der Waals surface area contributed by atoms with Crippen molar-refractivity contribution in [2.45, 2.75) is 46.3 Å². The van der Waals surface area contributed by atoms with Crippen molar-refractivity contribution in [3.05, 3.63) is 111 Å². The lowest BCUT2D eigenvalue weighted by atomic mass is 9.87. The molecule has 7 heteroatoms. The van der Waals surface area contributed by atoms with E-state index in [0.717, 1.165) is 33.8 Å². The Kier molecular flexibility index (Phi) is 7.56. The van der Waals surface area contributed by atoms with Crippen LogP contribution in [0.1, 0.15) is 62.7 Å². The third-order valence-corrected chi connectivity index (χ3v) is 7.64. The minimum atomic E-state index is -0.244. The first-order valence-electron chi connectivity index (χ1n) is 12.9. The van der Waals surface area contributed by atoms with Crippen LogP contribution in [0.25, 0.3) is 0 Å². The van der Waals surface area contributed by atoms with Crippen LogP contribution in [0.15, 0.2) is 72.1 Å². The van der Waals surface area contributed by atoms with Gasteiger partial charge in [0.15, 0.2) is 0 Å². The SMILES string of the molecule is CCC(=O)N1CCc2ccc(OCc3nc(C(=O)Nc4ccc(C)cc4)cs3)cc2[C@H]1c1ccc(C)cc1. The van der Waals surface area contributed by atoms with E-state index >= 15 is 0 Å². The molecule has 0 radical (unpaired) electrons. The second kappa shape index (κ2) is 11.2. The van der Waals surface area contributed by atoms with Crippen LogP contribution < -0.4 is 10.1 Å². The van der Waals surface area contributed by atoms with E-state index < -0.39 is 0 Å². The number of aromatic nitrogens is 1. The molecule has 4 aromatic rings. The van der Waals surface area contributed by atoms with Gasteiger partial charge in [0.2, 0.25) is 5.91 Å². The Bertz CT molecular complexity index is 1440. The molecule has 5 rings (SSSR count). The van der Waals surface area contributed by atoms with Gasteiger partial charge in [-0.15, -0.1) is 11.3 Å². The van der Waals surface area contributed by atoms with Crippen LogP contribution in [0.2, 0.25) is 0 Å². The van der Waals surface area contributed by atoms with E-state index in [1.54, 1.807) is 5.38 Å². The van der Waals surface area contributed by atoms with Gasteiger partial charge in [-0.1, -0.05) is 60.5 Å². The number of nitrogens with one attached hydrogen (secondary N) is 1. The highest BCUT2D eigenvalue weighted by Crippen LogP contribution is 2.37. The van der Waals surface area contributed by atoms with Crippen LogP contribution in [0.3, 0.4) is 0 Å². The van der Waals surface area contributed by atoms with Crippen molar-refractivity contribution >= 4 is 28.8 Å². The zero-order valence-corrected chi connectivity index (χ0v) is 22.7. The van der Waals surface area contributed by atoms with Crippen LogP contribution >= 0.6 is 11.3 Å². The first kappa shape index (κ1) is 25.7. The highest BCUT2D eigenvalue weighted by molar-refractivity contribution is 7.09. The molecule has 1 aliphatic heterocycles. The standard InChI is InChI=1S/C31H31N3O3S/c1-4-29(35)34-16-15-22-11-14-25(17-26(22)30(34)23-9-5-20(2)6-10-23)37-18-28-33-27(19-38-28)31(36)32-24-12-7-21(3)8-13-24/h5-14,17,19,30H,4,15-16,18H2,1-3H3,(H,32,36)/t30-/m1/s1. The maximum Gasteiger partial charge on any atom is 0.275 e. The molecule has 0 unspecified atom stereocenters. The first-order chi connectivity index (χ1) is 18.4. The maximum atomic E-state index is 12.9. The van der Waals surface area contributed by atoms with E-state index in [9.17, 15) is 9.59 Å². The summed E-state index contributed by atoms with van der Waals surface area (Å²) in [7, 11) is 0. The summed E-state index contributed by atoms with van der Waals surface area (Å²) in [4.78, 5) is 31.9. The number of aryl methyl sites for hydroxylation is 2. The van der Waals surface area contributed by atoms with Gasteiger partial charge in [-0.2, -0.15) is 0 Å². The molecule has 3 aromatic carbocycles. The summed E-state index contributed by atoms with van der Waals surface area (Å²) >= 11 is 1.40. The van der Waals surface area contributed by atoms with Gasteiger partial charge in [-0.05, 0) is 61.2 Å². The monoisotopic (exact) mass is 525 g/mol. The van der Waals surface area contributed by atoms with Gasteiger partial charge in [0.1, 0.15) is 23.1 Å². The van der Waals surface area contributed by atoms with Crippen LogP contribution in [0.4, 0.5) is 5.69 Å². The number of anilines is 1. The molecule has 0 saturated heterocycles. The van der Waals surface area contributed by atoms with Crippen molar-refractivity contribution in [1.82, 2.24) is 9.88 Å². The number of rotatable bonds is 7. The van der Waals surface area contributed by atoms with Crippen molar-refractivity contribution < 1.29 is 14.3 Å². The average Bonchev–Trinajstić information content (AvgIpc) is 3.42. The summed E-state index contributed by atoms with van der Waals surface area (Å²) in [5, 5.41) is 5.34. The van der Waals surface area contributed by atoms with Gasteiger partial charge in [0.05, 0.1) is 6.04 Å². The summed E-state index contributed by atoms with van der Waals surface area (Å²) in [5.41, 5.74) is 6.84. The molecule has 0 spiro atoms. The molecular weight excluding hydrogens is 494 g/mol. The normalized spacial score (nSPS) is 14.6. The van der Waals surface area contributed by atoms with Crippen molar-refractivity contribution in [1.29, 1.82) is 0 Å². The number of nitrogens with zero attached hydrogens (tertiary/aromatic N) is 2. The van der Waals surface area contributed by atoms with E-state index in [0.29, 0.717) is 24.4 Å². The Morgan fingerprint density at radius 1 is 1.03 bits per heavy atom. The number of hydrogen-bond acceptors (Lipinski definition) is 5. The van der Waals surface area contributed by atoms with Gasteiger partial charge in [0, 0.05) is 24.0 Å². The summed E-state index contributed by atoms with van der Waals surface area (Å²) < 4.78 is 6.12. The van der Waals surface area contributed by atoms with Crippen LogP contribution in [-0.2, 0) is 17.8 Å². The smallest absolute Gasteiger partial charge is 0.275 e. The Labute approximate surface area is 227 Å². The van der Waals surface area contributed by atoms with Gasteiger partial charge in [0.25, 0.3) is 5.91 Å². The fraction of sp³-hybridized carbons (Fsp3) is 0.258. The molecule has 2 heterocycles. The number of carbonyl (C=O) groups excluding carboxylic acids is 2. The Morgan fingerprint density at radius 2 is 1.74 bits per heavy atom. The number of ether oxygens (including phenoxy) is 1. The highest BCUT2D eigenvalue weighted by atomic mass is 32.1. The molecule has 0 bridgehead atoms. The zero-order chi connectivity index (χ0) is 26.6. The topological polar surface area (TPSA) is 71.5 Å². The second-order valence-corrected chi connectivity index (χ2v) is 10.5. The van der Waals surface area contributed by atoms with E-state index in [1.807, 2.05) is 55.1 Å². The van der Waals surface area contributed by atoms with Crippen LogP contribution in [0.5, 0.6) is 5.75 Å².